The monoisotopic (exact) mass is 221 g/mol. The Kier molecular flexibility index (Phi) is 3.94. The third kappa shape index (κ3) is 3.31. The van der Waals surface area contributed by atoms with E-state index in [1.165, 1.54) is 24.8 Å². The first-order valence-corrected chi connectivity index (χ1v) is 6.22. The summed E-state index contributed by atoms with van der Waals surface area (Å²) in [7, 11) is 0. The molecule has 1 saturated heterocycles. The van der Waals surface area contributed by atoms with Crippen LogP contribution < -0.4 is 5.32 Å². The average molecular weight is 221 g/mol. The van der Waals surface area contributed by atoms with Crippen LogP contribution in [0, 0.1) is 11.7 Å². The molecule has 0 aromatic heterocycles. The van der Waals surface area contributed by atoms with Gasteiger partial charge in [-0.2, -0.15) is 0 Å². The second-order valence-electron chi connectivity index (χ2n) is 4.96. The molecule has 0 bridgehead atoms. The zero-order valence-electron chi connectivity index (χ0n) is 9.88. The van der Waals surface area contributed by atoms with Gasteiger partial charge in [0.15, 0.2) is 0 Å². The van der Waals surface area contributed by atoms with Gasteiger partial charge in [0, 0.05) is 6.04 Å². The smallest absolute Gasteiger partial charge is 0.123 e. The largest absolute Gasteiger partial charge is 0.314 e. The van der Waals surface area contributed by atoms with Crippen LogP contribution in [0.5, 0.6) is 0 Å². The average Bonchev–Trinajstić information content (AvgIpc) is 2.46. The van der Waals surface area contributed by atoms with Crippen LogP contribution in [-0.2, 0) is 6.42 Å². The van der Waals surface area contributed by atoms with Crippen LogP contribution in [0.3, 0.4) is 0 Å². The van der Waals surface area contributed by atoms with Crippen LogP contribution in [0.25, 0.3) is 0 Å². The third-order valence-electron chi connectivity index (χ3n) is 3.39. The normalized spacial score (nSPS) is 26.4. The van der Waals surface area contributed by atoms with E-state index in [4.69, 9.17) is 0 Å². The van der Waals surface area contributed by atoms with E-state index in [9.17, 15) is 4.39 Å². The molecule has 2 heteroatoms. The molecule has 0 spiro atoms. The number of rotatable bonds is 2. The highest BCUT2D eigenvalue weighted by Gasteiger charge is 2.16. The highest BCUT2D eigenvalue weighted by Crippen LogP contribution is 2.18. The van der Waals surface area contributed by atoms with Crippen LogP contribution >= 0.6 is 0 Å². The maximum Gasteiger partial charge on any atom is 0.123 e. The molecule has 0 saturated carbocycles. The van der Waals surface area contributed by atoms with Crippen molar-refractivity contribution >= 4 is 0 Å². The molecule has 0 radical (unpaired) electrons. The molecule has 1 aliphatic rings. The molecule has 0 amide bonds. The maximum absolute atomic E-state index is 12.8. The van der Waals surface area contributed by atoms with E-state index in [-0.39, 0.29) is 5.82 Å². The van der Waals surface area contributed by atoms with E-state index in [1.54, 1.807) is 12.1 Å². The Bertz CT molecular complexity index is 320. The van der Waals surface area contributed by atoms with E-state index in [1.807, 2.05) is 12.1 Å². The van der Waals surface area contributed by atoms with Gasteiger partial charge >= 0.3 is 0 Å². The summed E-state index contributed by atoms with van der Waals surface area (Å²) in [5.74, 6) is 0.659. The fourth-order valence-corrected chi connectivity index (χ4v) is 2.50. The summed E-state index contributed by atoms with van der Waals surface area (Å²) in [6.45, 7) is 3.45. The Balaban J connectivity index is 1.95. The molecule has 16 heavy (non-hydrogen) atoms. The molecular weight excluding hydrogens is 201 g/mol. The summed E-state index contributed by atoms with van der Waals surface area (Å²) in [6, 6.07) is 7.45. The molecule has 1 N–H and O–H groups in total. The van der Waals surface area contributed by atoms with Crippen molar-refractivity contribution in [3.63, 3.8) is 0 Å². The van der Waals surface area contributed by atoms with Crippen molar-refractivity contribution in [2.45, 2.75) is 38.6 Å². The summed E-state index contributed by atoms with van der Waals surface area (Å²) in [4.78, 5) is 0. The second-order valence-corrected chi connectivity index (χ2v) is 4.96. The second kappa shape index (κ2) is 5.44. The van der Waals surface area contributed by atoms with E-state index < -0.39 is 0 Å². The minimum atomic E-state index is -0.147. The lowest BCUT2D eigenvalue weighted by atomic mass is 9.95. The van der Waals surface area contributed by atoms with Gasteiger partial charge in [-0.1, -0.05) is 19.1 Å². The molecule has 1 nitrogen and oxygen atoms in total. The quantitative estimate of drug-likeness (QED) is 0.809. The Hall–Kier alpha value is -0.890. The molecular formula is C14H20FN. The van der Waals surface area contributed by atoms with Gasteiger partial charge in [-0.05, 0) is 55.8 Å². The summed E-state index contributed by atoms with van der Waals surface area (Å²) in [5.41, 5.74) is 1.23. The number of benzene rings is 1. The topological polar surface area (TPSA) is 12.0 Å². The first-order valence-electron chi connectivity index (χ1n) is 6.22. The standard InChI is InChI=1S/C14H20FN/c1-11-3-2-8-16-14(9-11)10-12-4-6-13(15)7-5-12/h4-7,11,14,16H,2-3,8-10H2,1H3. The highest BCUT2D eigenvalue weighted by molar-refractivity contribution is 5.17. The Morgan fingerprint density at radius 1 is 1.31 bits per heavy atom. The summed E-state index contributed by atoms with van der Waals surface area (Å²) < 4.78 is 12.8. The van der Waals surface area contributed by atoms with E-state index in [2.05, 4.69) is 12.2 Å². The van der Waals surface area contributed by atoms with Crippen molar-refractivity contribution in [1.29, 1.82) is 0 Å². The Morgan fingerprint density at radius 3 is 2.81 bits per heavy atom. The molecule has 0 aliphatic carbocycles. The number of nitrogens with one attached hydrogen (secondary N) is 1. The van der Waals surface area contributed by atoms with E-state index >= 15 is 0 Å². The Labute approximate surface area is 97.1 Å². The highest BCUT2D eigenvalue weighted by atomic mass is 19.1. The molecule has 88 valence electrons. The van der Waals surface area contributed by atoms with Crippen LogP contribution in [0.1, 0.15) is 31.7 Å². The van der Waals surface area contributed by atoms with Gasteiger partial charge in [0.2, 0.25) is 0 Å². The van der Waals surface area contributed by atoms with Crippen LogP contribution in [0.15, 0.2) is 24.3 Å². The van der Waals surface area contributed by atoms with Crippen molar-refractivity contribution in [2.75, 3.05) is 6.54 Å². The van der Waals surface area contributed by atoms with Crippen molar-refractivity contribution in [3.05, 3.63) is 35.6 Å². The number of halogens is 1. The lowest BCUT2D eigenvalue weighted by Gasteiger charge is -2.18. The molecule has 2 unspecified atom stereocenters. The maximum atomic E-state index is 12.8. The fourth-order valence-electron chi connectivity index (χ4n) is 2.50. The number of hydrogen-bond acceptors (Lipinski definition) is 1. The molecule has 1 aliphatic heterocycles. The minimum absolute atomic E-state index is 0.147. The molecule has 1 aromatic carbocycles. The van der Waals surface area contributed by atoms with Gasteiger partial charge in [-0.3, -0.25) is 0 Å². The van der Waals surface area contributed by atoms with Crippen molar-refractivity contribution in [3.8, 4) is 0 Å². The van der Waals surface area contributed by atoms with Crippen molar-refractivity contribution in [2.24, 2.45) is 5.92 Å². The van der Waals surface area contributed by atoms with Gasteiger partial charge in [-0.15, -0.1) is 0 Å². The number of hydrogen-bond donors (Lipinski definition) is 1. The molecule has 2 rings (SSSR count). The molecule has 1 heterocycles. The van der Waals surface area contributed by atoms with Gasteiger partial charge in [0.25, 0.3) is 0 Å². The summed E-state index contributed by atoms with van der Waals surface area (Å²) in [5, 5.41) is 3.58. The lowest BCUT2D eigenvalue weighted by Crippen LogP contribution is -2.31. The van der Waals surface area contributed by atoms with Crippen LogP contribution in [-0.4, -0.2) is 12.6 Å². The molecule has 2 atom stereocenters. The van der Waals surface area contributed by atoms with E-state index in [0.717, 1.165) is 18.9 Å². The van der Waals surface area contributed by atoms with Crippen molar-refractivity contribution < 1.29 is 4.39 Å². The van der Waals surface area contributed by atoms with E-state index in [0.29, 0.717) is 6.04 Å². The zero-order chi connectivity index (χ0) is 11.4. The predicted octanol–water partition coefficient (Wildman–Crippen LogP) is 3.15. The first kappa shape index (κ1) is 11.6. The SMILES string of the molecule is CC1CCCNC(Cc2ccc(F)cc2)C1. The van der Waals surface area contributed by atoms with Crippen molar-refractivity contribution in [1.82, 2.24) is 5.32 Å². The fraction of sp³-hybridized carbons (Fsp3) is 0.571. The molecule has 1 aromatic rings. The van der Waals surface area contributed by atoms with Gasteiger partial charge < -0.3 is 5.32 Å². The summed E-state index contributed by atoms with van der Waals surface area (Å²) in [6.07, 6.45) is 4.86. The zero-order valence-corrected chi connectivity index (χ0v) is 9.88. The Morgan fingerprint density at radius 2 is 2.06 bits per heavy atom. The van der Waals surface area contributed by atoms with Crippen LogP contribution in [0.2, 0.25) is 0 Å². The lowest BCUT2D eigenvalue weighted by molar-refractivity contribution is 0.437. The third-order valence-corrected chi connectivity index (χ3v) is 3.39. The van der Waals surface area contributed by atoms with Crippen LogP contribution in [0.4, 0.5) is 4.39 Å². The van der Waals surface area contributed by atoms with Gasteiger partial charge in [0.05, 0.1) is 0 Å². The van der Waals surface area contributed by atoms with Gasteiger partial charge in [-0.25, -0.2) is 4.39 Å². The minimum Gasteiger partial charge on any atom is -0.314 e. The van der Waals surface area contributed by atoms with Gasteiger partial charge in [0.1, 0.15) is 5.82 Å². The first-order chi connectivity index (χ1) is 7.74. The summed E-state index contributed by atoms with van der Waals surface area (Å²) >= 11 is 0. The molecule has 1 fully saturated rings. The predicted molar refractivity (Wildman–Crippen MR) is 64.9 cm³/mol.